The van der Waals surface area contributed by atoms with Crippen LogP contribution in [0.15, 0.2) is 41.8 Å². The number of rotatable bonds is 8. The zero-order chi connectivity index (χ0) is 19.1. The molecule has 0 fully saturated rings. The van der Waals surface area contributed by atoms with E-state index in [-0.39, 0.29) is 30.3 Å². The van der Waals surface area contributed by atoms with Gasteiger partial charge in [0.05, 0.1) is 18.5 Å². The second kappa shape index (κ2) is 9.50. The molecule has 2 rings (SSSR count). The molecule has 0 aliphatic carbocycles. The number of amides is 2. The first-order valence-electron chi connectivity index (χ1n) is 8.67. The van der Waals surface area contributed by atoms with Crippen molar-refractivity contribution < 1.29 is 9.59 Å². The van der Waals surface area contributed by atoms with Crippen molar-refractivity contribution in [1.29, 1.82) is 0 Å². The Morgan fingerprint density at radius 3 is 2.38 bits per heavy atom. The minimum atomic E-state index is -0.326. The lowest BCUT2D eigenvalue weighted by Crippen LogP contribution is -2.37. The number of likely N-dealkylation sites (N-methyl/N-ethyl adjacent to an activating group) is 1. The Balaban J connectivity index is 2.00. The Bertz CT molecular complexity index is 711. The van der Waals surface area contributed by atoms with Gasteiger partial charge in [0.2, 0.25) is 11.8 Å². The second-order valence-electron chi connectivity index (χ2n) is 6.67. The summed E-state index contributed by atoms with van der Waals surface area (Å²) in [4.78, 5) is 27.3. The van der Waals surface area contributed by atoms with E-state index in [9.17, 15) is 9.59 Å². The van der Waals surface area contributed by atoms with Gasteiger partial charge in [0, 0.05) is 18.3 Å². The standard InChI is InChI=1S/C20H27N3O2S/c1-14-7-9-16(10-8-14)17(22-15(2)24)12-20(25)21-13-18(23(3)4)19-6-5-11-26-19/h5-11,17-18H,12-13H2,1-4H3,(H,21,25)(H,22,24)/t17-,18-/m1/s1. The average Bonchev–Trinajstić information content (AvgIpc) is 3.08. The SMILES string of the molecule is CC(=O)N[C@H](CC(=O)NC[C@H](c1cccs1)N(C)C)c1ccc(C)cc1. The molecule has 0 radical (unpaired) electrons. The number of nitrogens with one attached hydrogen (secondary N) is 2. The van der Waals surface area contributed by atoms with Crippen LogP contribution in [0.3, 0.4) is 0 Å². The third-order valence-corrected chi connectivity index (χ3v) is 5.21. The maximum Gasteiger partial charge on any atom is 0.222 e. The van der Waals surface area contributed by atoms with Gasteiger partial charge in [-0.1, -0.05) is 35.9 Å². The number of carbonyl (C=O) groups excluding carboxylic acids is 2. The second-order valence-corrected chi connectivity index (χ2v) is 7.65. The molecule has 2 aromatic rings. The van der Waals surface area contributed by atoms with Crippen LogP contribution in [0.25, 0.3) is 0 Å². The fourth-order valence-corrected chi connectivity index (χ4v) is 3.71. The van der Waals surface area contributed by atoms with Gasteiger partial charge in [0.15, 0.2) is 0 Å². The predicted octanol–water partition coefficient (Wildman–Crippen LogP) is 3.04. The first-order valence-corrected chi connectivity index (χ1v) is 9.55. The minimum absolute atomic E-state index is 0.0762. The van der Waals surface area contributed by atoms with E-state index in [2.05, 4.69) is 21.6 Å². The Kier molecular flexibility index (Phi) is 7.36. The van der Waals surface area contributed by atoms with Crippen LogP contribution in [0.5, 0.6) is 0 Å². The molecule has 0 unspecified atom stereocenters. The summed E-state index contributed by atoms with van der Waals surface area (Å²) in [5.41, 5.74) is 2.08. The maximum absolute atomic E-state index is 12.5. The van der Waals surface area contributed by atoms with Gasteiger partial charge in [0.1, 0.15) is 0 Å². The molecular weight excluding hydrogens is 346 g/mol. The monoisotopic (exact) mass is 373 g/mol. The van der Waals surface area contributed by atoms with Crippen LogP contribution in [-0.4, -0.2) is 37.4 Å². The maximum atomic E-state index is 12.5. The zero-order valence-electron chi connectivity index (χ0n) is 15.8. The van der Waals surface area contributed by atoms with Gasteiger partial charge in [-0.2, -0.15) is 0 Å². The molecule has 0 saturated carbocycles. The first-order chi connectivity index (χ1) is 12.4. The Labute approximate surface area is 159 Å². The highest BCUT2D eigenvalue weighted by atomic mass is 32.1. The molecule has 140 valence electrons. The van der Waals surface area contributed by atoms with Crippen molar-refractivity contribution in [2.24, 2.45) is 0 Å². The number of nitrogens with zero attached hydrogens (tertiary/aromatic N) is 1. The van der Waals surface area contributed by atoms with E-state index in [1.54, 1.807) is 11.3 Å². The third-order valence-electron chi connectivity index (χ3n) is 4.23. The molecule has 2 atom stereocenters. The summed E-state index contributed by atoms with van der Waals surface area (Å²) in [6.45, 7) is 4.01. The molecule has 2 amide bonds. The third kappa shape index (κ3) is 5.97. The Morgan fingerprint density at radius 2 is 1.85 bits per heavy atom. The lowest BCUT2D eigenvalue weighted by atomic mass is 10.0. The van der Waals surface area contributed by atoms with E-state index in [0.29, 0.717) is 6.54 Å². The van der Waals surface area contributed by atoms with Gasteiger partial charge in [-0.3, -0.25) is 9.59 Å². The van der Waals surface area contributed by atoms with Crippen LogP contribution >= 0.6 is 11.3 Å². The zero-order valence-corrected chi connectivity index (χ0v) is 16.6. The van der Waals surface area contributed by atoms with Gasteiger partial charge in [-0.15, -0.1) is 11.3 Å². The highest BCUT2D eigenvalue weighted by Gasteiger charge is 2.20. The fourth-order valence-electron chi connectivity index (χ4n) is 2.78. The number of thiophene rings is 1. The highest BCUT2D eigenvalue weighted by Crippen LogP contribution is 2.23. The van der Waals surface area contributed by atoms with Crippen molar-refractivity contribution in [3.8, 4) is 0 Å². The Morgan fingerprint density at radius 1 is 1.15 bits per heavy atom. The summed E-state index contributed by atoms with van der Waals surface area (Å²) in [7, 11) is 4.01. The number of aryl methyl sites for hydroxylation is 1. The van der Waals surface area contributed by atoms with Crippen LogP contribution in [0.4, 0.5) is 0 Å². The van der Waals surface area contributed by atoms with Gasteiger partial charge < -0.3 is 15.5 Å². The smallest absolute Gasteiger partial charge is 0.222 e. The van der Waals surface area contributed by atoms with E-state index in [1.807, 2.05) is 56.7 Å². The van der Waals surface area contributed by atoms with Crippen LogP contribution in [0.1, 0.15) is 41.4 Å². The van der Waals surface area contributed by atoms with Crippen LogP contribution in [0.2, 0.25) is 0 Å². The summed E-state index contributed by atoms with van der Waals surface area (Å²) >= 11 is 1.68. The summed E-state index contributed by atoms with van der Waals surface area (Å²) < 4.78 is 0. The number of hydrogen-bond donors (Lipinski definition) is 2. The van der Waals surface area contributed by atoms with E-state index in [4.69, 9.17) is 0 Å². The molecule has 2 N–H and O–H groups in total. The molecule has 6 heteroatoms. The van der Waals surface area contributed by atoms with E-state index < -0.39 is 0 Å². The van der Waals surface area contributed by atoms with Gasteiger partial charge in [0.25, 0.3) is 0 Å². The first kappa shape index (κ1) is 20.1. The number of benzene rings is 1. The molecular formula is C20H27N3O2S. The summed E-state index contributed by atoms with van der Waals surface area (Å²) in [5, 5.41) is 7.93. The summed E-state index contributed by atoms with van der Waals surface area (Å²) in [6, 6.07) is 11.8. The molecule has 0 aliphatic rings. The fraction of sp³-hybridized carbons (Fsp3) is 0.400. The van der Waals surface area contributed by atoms with E-state index in [0.717, 1.165) is 11.1 Å². The van der Waals surface area contributed by atoms with Gasteiger partial charge >= 0.3 is 0 Å². The quantitative estimate of drug-likeness (QED) is 0.748. The van der Waals surface area contributed by atoms with Crippen molar-refractivity contribution in [3.05, 3.63) is 57.8 Å². The van der Waals surface area contributed by atoms with Crippen LogP contribution < -0.4 is 10.6 Å². The topological polar surface area (TPSA) is 61.4 Å². The largest absolute Gasteiger partial charge is 0.354 e. The van der Waals surface area contributed by atoms with Crippen molar-refractivity contribution in [1.82, 2.24) is 15.5 Å². The molecule has 5 nitrogen and oxygen atoms in total. The summed E-state index contributed by atoms with van der Waals surface area (Å²) in [5.74, 6) is -0.221. The lowest BCUT2D eigenvalue weighted by Gasteiger charge is -2.24. The molecule has 26 heavy (non-hydrogen) atoms. The molecule has 0 saturated heterocycles. The Hall–Kier alpha value is -2.18. The van der Waals surface area contributed by atoms with Crippen molar-refractivity contribution in [2.45, 2.75) is 32.4 Å². The van der Waals surface area contributed by atoms with Crippen LogP contribution in [-0.2, 0) is 9.59 Å². The van der Waals surface area contributed by atoms with E-state index in [1.165, 1.54) is 11.8 Å². The van der Waals surface area contributed by atoms with Gasteiger partial charge in [-0.05, 0) is 38.0 Å². The molecule has 1 heterocycles. The van der Waals surface area contributed by atoms with Gasteiger partial charge in [-0.25, -0.2) is 0 Å². The van der Waals surface area contributed by atoms with Crippen molar-refractivity contribution in [2.75, 3.05) is 20.6 Å². The molecule has 0 bridgehead atoms. The molecule has 0 spiro atoms. The van der Waals surface area contributed by atoms with E-state index >= 15 is 0 Å². The normalized spacial score (nSPS) is 13.3. The molecule has 1 aromatic heterocycles. The number of hydrogen-bond acceptors (Lipinski definition) is 4. The summed E-state index contributed by atoms with van der Waals surface area (Å²) in [6.07, 6.45) is 0.216. The molecule has 0 aliphatic heterocycles. The van der Waals surface area contributed by atoms with Crippen LogP contribution in [0, 0.1) is 6.92 Å². The molecule has 1 aromatic carbocycles. The van der Waals surface area contributed by atoms with Crippen molar-refractivity contribution >= 4 is 23.2 Å². The number of carbonyl (C=O) groups is 2. The predicted molar refractivity (Wildman–Crippen MR) is 106 cm³/mol. The minimum Gasteiger partial charge on any atom is -0.354 e. The lowest BCUT2D eigenvalue weighted by molar-refractivity contribution is -0.123. The average molecular weight is 374 g/mol. The highest BCUT2D eigenvalue weighted by molar-refractivity contribution is 7.10. The van der Waals surface area contributed by atoms with Crippen molar-refractivity contribution in [3.63, 3.8) is 0 Å².